The third kappa shape index (κ3) is 4.83. The van der Waals surface area contributed by atoms with Crippen LogP contribution in [0.15, 0.2) is 59.5 Å². The van der Waals surface area contributed by atoms with Crippen molar-refractivity contribution in [1.82, 2.24) is 14.1 Å². The molecule has 0 N–H and O–H groups in total. The number of likely N-dealkylation sites (N-methyl/N-ethyl adjacent to an activating group) is 1. The molecule has 0 bridgehead atoms. The number of sulfonamides is 1. The van der Waals surface area contributed by atoms with Crippen molar-refractivity contribution in [2.45, 2.75) is 17.9 Å². The average molecular weight is 420 g/mol. The molecule has 1 atom stereocenters. The highest BCUT2D eigenvalue weighted by Gasteiger charge is 2.32. The third-order valence-corrected chi connectivity index (χ3v) is 7.31. The van der Waals surface area contributed by atoms with Crippen molar-refractivity contribution in [3.05, 3.63) is 66.0 Å². The quantitative estimate of drug-likeness (QED) is 0.721. The first kappa shape index (κ1) is 21.4. The maximum absolute atomic E-state index is 13.9. The molecule has 1 fully saturated rings. The zero-order chi connectivity index (χ0) is 21.0. The van der Waals surface area contributed by atoms with E-state index in [-0.39, 0.29) is 36.5 Å². The van der Waals surface area contributed by atoms with E-state index in [2.05, 4.69) is 0 Å². The van der Waals surface area contributed by atoms with Crippen LogP contribution >= 0.6 is 0 Å². The first-order valence-corrected chi connectivity index (χ1v) is 11.0. The average Bonchev–Trinajstić information content (AvgIpc) is 2.74. The molecule has 2 aromatic rings. The maximum Gasteiger partial charge on any atom is 0.246 e. The van der Waals surface area contributed by atoms with Crippen molar-refractivity contribution in [2.24, 2.45) is 0 Å². The number of benzene rings is 2. The van der Waals surface area contributed by atoms with Gasteiger partial charge in [0.1, 0.15) is 10.7 Å². The minimum atomic E-state index is -3.90. The van der Waals surface area contributed by atoms with Gasteiger partial charge in [-0.15, -0.1) is 0 Å². The van der Waals surface area contributed by atoms with Crippen molar-refractivity contribution < 1.29 is 17.6 Å². The van der Waals surface area contributed by atoms with Gasteiger partial charge in [-0.2, -0.15) is 4.31 Å². The molecule has 0 aliphatic carbocycles. The highest BCUT2D eigenvalue weighted by Crippen LogP contribution is 2.21. The van der Waals surface area contributed by atoms with Gasteiger partial charge in [0.25, 0.3) is 0 Å². The van der Waals surface area contributed by atoms with Crippen LogP contribution in [0.1, 0.15) is 18.5 Å². The molecule has 1 amide bonds. The summed E-state index contributed by atoms with van der Waals surface area (Å²) in [4.78, 5) is 16.0. The lowest BCUT2D eigenvalue weighted by Crippen LogP contribution is -2.52. The number of rotatable bonds is 6. The zero-order valence-corrected chi connectivity index (χ0v) is 17.5. The Morgan fingerprint density at radius 3 is 2.24 bits per heavy atom. The van der Waals surface area contributed by atoms with Crippen LogP contribution in [-0.4, -0.2) is 68.2 Å². The number of nitrogens with zero attached hydrogens (tertiary/aromatic N) is 3. The summed E-state index contributed by atoms with van der Waals surface area (Å²) in [5.41, 5.74) is 1.13. The Balaban J connectivity index is 1.58. The summed E-state index contributed by atoms with van der Waals surface area (Å²) in [6.45, 7) is 3.18. The summed E-state index contributed by atoms with van der Waals surface area (Å²) in [6, 6.07) is 15.4. The highest BCUT2D eigenvalue weighted by molar-refractivity contribution is 7.89. The summed E-state index contributed by atoms with van der Waals surface area (Å²) in [7, 11) is -2.01. The molecule has 0 spiro atoms. The van der Waals surface area contributed by atoms with Gasteiger partial charge < -0.3 is 4.90 Å². The lowest BCUT2D eigenvalue weighted by atomic mass is 10.1. The van der Waals surface area contributed by atoms with E-state index < -0.39 is 15.8 Å². The molecule has 6 nitrogen and oxygen atoms in total. The van der Waals surface area contributed by atoms with Crippen LogP contribution in [-0.2, 0) is 14.8 Å². The summed E-state index contributed by atoms with van der Waals surface area (Å²) in [6.07, 6.45) is 0. The van der Waals surface area contributed by atoms with E-state index in [4.69, 9.17) is 0 Å². The molecule has 156 valence electrons. The van der Waals surface area contributed by atoms with Crippen LogP contribution in [0.4, 0.5) is 4.39 Å². The molecule has 1 saturated heterocycles. The minimum absolute atomic E-state index is 0.0433. The van der Waals surface area contributed by atoms with Crippen LogP contribution in [0.25, 0.3) is 0 Å². The van der Waals surface area contributed by atoms with E-state index in [1.54, 1.807) is 4.90 Å². The Kier molecular flexibility index (Phi) is 6.66. The molecule has 0 saturated carbocycles. The lowest BCUT2D eigenvalue weighted by molar-refractivity contribution is -0.133. The van der Waals surface area contributed by atoms with E-state index in [9.17, 15) is 17.6 Å². The van der Waals surface area contributed by atoms with Crippen LogP contribution in [0.3, 0.4) is 0 Å². The van der Waals surface area contributed by atoms with Crippen LogP contribution in [0.5, 0.6) is 0 Å². The number of piperazine rings is 1. The normalized spacial score (nSPS) is 16.8. The second-order valence-corrected chi connectivity index (χ2v) is 9.12. The van der Waals surface area contributed by atoms with Gasteiger partial charge in [0.2, 0.25) is 15.9 Å². The molecule has 0 radical (unpaired) electrons. The predicted octanol–water partition coefficient (Wildman–Crippen LogP) is 2.35. The molecule has 3 rings (SSSR count). The second-order valence-electron chi connectivity index (χ2n) is 7.22. The van der Waals surface area contributed by atoms with Crippen molar-refractivity contribution in [3.63, 3.8) is 0 Å². The Morgan fingerprint density at radius 1 is 1.03 bits per heavy atom. The largest absolute Gasteiger partial charge is 0.339 e. The second kappa shape index (κ2) is 9.02. The van der Waals surface area contributed by atoms with Gasteiger partial charge in [0.15, 0.2) is 0 Å². The number of halogens is 1. The van der Waals surface area contributed by atoms with Gasteiger partial charge in [-0.1, -0.05) is 42.5 Å². The SMILES string of the molecule is CC(c1ccccc1)N(C)CC(=O)N1CCN(S(=O)(=O)c2ccccc2F)CC1. The maximum atomic E-state index is 13.9. The monoisotopic (exact) mass is 419 g/mol. The highest BCUT2D eigenvalue weighted by atomic mass is 32.2. The zero-order valence-electron chi connectivity index (χ0n) is 16.7. The molecule has 1 unspecified atom stereocenters. The minimum Gasteiger partial charge on any atom is -0.339 e. The predicted molar refractivity (Wildman–Crippen MR) is 109 cm³/mol. The summed E-state index contributed by atoms with van der Waals surface area (Å²) >= 11 is 0. The fraction of sp³-hybridized carbons (Fsp3) is 0.381. The molecular weight excluding hydrogens is 393 g/mol. The van der Waals surface area contributed by atoms with E-state index in [0.29, 0.717) is 13.1 Å². The van der Waals surface area contributed by atoms with E-state index >= 15 is 0 Å². The van der Waals surface area contributed by atoms with Gasteiger partial charge in [0.05, 0.1) is 6.54 Å². The van der Waals surface area contributed by atoms with E-state index in [1.807, 2.05) is 49.2 Å². The molecule has 0 aromatic heterocycles. The smallest absolute Gasteiger partial charge is 0.246 e. The lowest BCUT2D eigenvalue weighted by Gasteiger charge is -2.35. The standard InChI is InChI=1S/C21H26FN3O3S/c1-17(18-8-4-3-5-9-18)23(2)16-21(26)24-12-14-25(15-13-24)29(27,28)20-11-7-6-10-19(20)22/h3-11,17H,12-16H2,1-2H3. The van der Waals surface area contributed by atoms with Gasteiger partial charge in [0, 0.05) is 32.2 Å². The van der Waals surface area contributed by atoms with Crippen LogP contribution in [0.2, 0.25) is 0 Å². The summed E-state index contributed by atoms with van der Waals surface area (Å²) in [5.74, 6) is -0.805. The molecule has 1 aliphatic heterocycles. The van der Waals surface area contributed by atoms with Gasteiger partial charge in [-0.25, -0.2) is 12.8 Å². The number of hydrogen-bond acceptors (Lipinski definition) is 4. The molecule has 1 aliphatic rings. The van der Waals surface area contributed by atoms with Crippen molar-refractivity contribution >= 4 is 15.9 Å². The fourth-order valence-corrected chi connectivity index (χ4v) is 4.89. The summed E-state index contributed by atoms with van der Waals surface area (Å²) in [5, 5.41) is 0. The number of amides is 1. The fourth-order valence-electron chi connectivity index (χ4n) is 3.41. The number of hydrogen-bond donors (Lipinski definition) is 0. The number of carbonyl (C=O) groups is 1. The Hall–Kier alpha value is -2.29. The van der Waals surface area contributed by atoms with Crippen LogP contribution in [0, 0.1) is 5.82 Å². The van der Waals surface area contributed by atoms with Gasteiger partial charge in [-0.05, 0) is 31.7 Å². The van der Waals surface area contributed by atoms with Crippen LogP contribution < -0.4 is 0 Å². The Labute approximate surface area is 171 Å². The first-order valence-electron chi connectivity index (χ1n) is 9.58. The molecule has 8 heteroatoms. The van der Waals surface area contributed by atoms with Crippen molar-refractivity contribution in [2.75, 3.05) is 39.8 Å². The van der Waals surface area contributed by atoms with E-state index in [0.717, 1.165) is 11.6 Å². The Morgan fingerprint density at radius 2 is 1.62 bits per heavy atom. The molecular formula is C21H26FN3O3S. The molecule has 1 heterocycles. The van der Waals surface area contributed by atoms with E-state index in [1.165, 1.54) is 22.5 Å². The summed E-state index contributed by atoms with van der Waals surface area (Å²) < 4.78 is 40.5. The van der Waals surface area contributed by atoms with Crippen molar-refractivity contribution in [1.29, 1.82) is 0 Å². The topological polar surface area (TPSA) is 60.9 Å². The first-order chi connectivity index (χ1) is 13.8. The molecule has 2 aromatic carbocycles. The van der Waals surface area contributed by atoms with Gasteiger partial charge in [-0.3, -0.25) is 9.69 Å². The third-order valence-electron chi connectivity index (χ3n) is 5.37. The molecule has 29 heavy (non-hydrogen) atoms. The number of carbonyl (C=O) groups excluding carboxylic acids is 1. The van der Waals surface area contributed by atoms with Crippen molar-refractivity contribution in [3.8, 4) is 0 Å². The van der Waals surface area contributed by atoms with Gasteiger partial charge >= 0.3 is 0 Å². The Bertz CT molecular complexity index is 945.